The maximum Gasteiger partial charge on any atom is 0.136 e. The van der Waals surface area contributed by atoms with Gasteiger partial charge in [0.2, 0.25) is 0 Å². The van der Waals surface area contributed by atoms with E-state index < -0.39 is 0 Å². The van der Waals surface area contributed by atoms with Gasteiger partial charge in [0.15, 0.2) is 0 Å². The van der Waals surface area contributed by atoms with Crippen LogP contribution in [0.15, 0.2) is 0 Å². The first-order valence-electron chi connectivity index (χ1n) is 5.83. The number of Topliss-reactive ketones (excluding diaryl/α,β-unsaturated/α-hetero) is 1. The topological polar surface area (TPSA) is 17.1 Å². The van der Waals surface area contributed by atoms with Gasteiger partial charge in [0.1, 0.15) is 5.78 Å². The number of carbonyl (C=O) groups excluding carboxylic acids is 1. The Kier molecular flexibility index (Phi) is 3.20. The smallest absolute Gasteiger partial charge is 0.136 e. The molecule has 0 aliphatic carbocycles. The third-order valence-electron chi connectivity index (χ3n) is 3.36. The lowest BCUT2D eigenvalue weighted by Gasteiger charge is -2.26. The molecule has 2 unspecified atom stereocenters. The van der Waals surface area contributed by atoms with E-state index >= 15 is 0 Å². The second-order valence-corrected chi connectivity index (χ2v) is 6.80. The van der Waals surface area contributed by atoms with Crippen LogP contribution in [0, 0.1) is 11.8 Å². The Hall–Kier alpha value is 0.0200. The third-order valence-corrected chi connectivity index (χ3v) is 4.98. The van der Waals surface area contributed by atoms with E-state index in [1.165, 1.54) is 25.7 Å². The molecule has 2 rings (SSSR count). The minimum atomic E-state index is 0.413. The molecule has 0 aromatic rings. The second kappa shape index (κ2) is 4.26. The zero-order valence-corrected chi connectivity index (χ0v) is 9.98. The minimum Gasteiger partial charge on any atom is -0.299 e. The van der Waals surface area contributed by atoms with Crippen molar-refractivity contribution in [3.05, 3.63) is 0 Å². The molecule has 0 spiro atoms. The van der Waals surface area contributed by atoms with E-state index in [1.54, 1.807) is 0 Å². The SMILES string of the molecule is CC(C)CC(=O)C1CC2CCC(C1)S2. The van der Waals surface area contributed by atoms with E-state index in [0.29, 0.717) is 17.6 Å². The monoisotopic (exact) mass is 212 g/mol. The Labute approximate surface area is 91.0 Å². The summed E-state index contributed by atoms with van der Waals surface area (Å²) in [5.74, 6) is 1.49. The van der Waals surface area contributed by atoms with Crippen molar-refractivity contribution in [1.29, 1.82) is 0 Å². The highest BCUT2D eigenvalue weighted by Gasteiger charge is 2.37. The predicted molar refractivity (Wildman–Crippen MR) is 61.6 cm³/mol. The zero-order chi connectivity index (χ0) is 10.1. The van der Waals surface area contributed by atoms with Gasteiger partial charge in [-0.1, -0.05) is 13.8 Å². The predicted octanol–water partition coefficient (Wildman–Crippen LogP) is 3.28. The molecule has 0 saturated carbocycles. The highest BCUT2D eigenvalue weighted by atomic mass is 32.2. The van der Waals surface area contributed by atoms with Gasteiger partial charge in [-0.25, -0.2) is 0 Å². The van der Waals surface area contributed by atoms with Crippen molar-refractivity contribution in [2.24, 2.45) is 11.8 Å². The highest BCUT2D eigenvalue weighted by molar-refractivity contribution is 8.00. The molecule has 2 heterocycles. The fourth-order valence-electron chi connectivity index (χ4n) is 2.69. The molecule has 2 bridgehead atoms. The van der Waals surface area contributed by atoms with Gasteiger partial charge in [0.25, 0.3) is 0 Å². The maximum absolute atomic E-state index is 11.9. The average molecular weight is 212 g/mol. The number of hydrogen-bond acceptors (Lipinski definition) is 2. The third kappa shape index (κ3) is 2.33. The zero-order valence-electron chi connectivity index (χ0n) is 9.16. The molecule has 0 amide bonds. The van der Waals surface area contributed by atoms with E-state index in [9.17, 15) is 4.79 Å². The van der Waals surface area contributed by atoms with Crippen LogP contribution in [0.5, 0.6) is 0 Å². The summed E-state index contributed by atoms with van der Waals surface area (Å²) in [6.45, 7) is 4.29. The van der Waals surface area contributed by atoms with Gasteiger partial charge in [-0.15, -0.1) is 0 Å². The molecule has 14 heavy (non-hydrogen) atoms. The lowest BCUT2D eigenvalue weighted by Crippen LogP contribution is -2.25. The van der Waals surface area contributed by atoms with Crippen molar-refractivity contribution >= 4 is 17.5 Å². The van der Waals surface area contributed by atoms with Crippen molar-refractivity contribution < 1.29 is 4.79 Å². The lowest BCUT2D eigenvalue weighted by molar-refractivity contribution is -0.124. The van der Waals surface area contributed by atoms with Gasteiger partial charge in [-0.2, -0.15) is 11.8 Å². The molecule has 2 saturated heterocycles. The second-order valence-electron chi connectivity index (χ2n) is 5.19. The first-order chi connectivity index (χ1) is 6.65. The Balaban J connectivity index is 1.89. The maximum atomic E-state index is 11.9. The molecule has 2 fully saturated rings. The Morgan fingerprint density at radius 3 is 2.36 bits per heavy atom. The molecule has 0 radical (unpaired) electrons. The molecule has 2 atom stereocenters. The summed E-state index contributed by atoms with van der Waals surface area (Å²) in [5, 5.41) is 1.63. The lowest BCUT2D eigenvalue weighted by atomic mass is 9.90. The summed E-state index contributed by atoms with van der Waals surface area (Å²) in [5.41, 5.74) is 0. The van der Waals surface area contributed by atoms with Crippen LogP contribution in [0.3, 0.4) is 0 Å². The number of ketones is 1. The average Bonchev–Trinajstić information content (AvgIpc) is 2.44. The van der Waals surface area contributed by atoms with Crippen molar-refractivity contribution in [2.45, 2.75) is 56.5 Å². The molecule has 1 nitrogen and oxygen atoms in total. The van der Waals surface area contributed by atoms with E-state index in [-0.39, 0.29) is 0 Å². The molecule has 2 aliphatic heterocycles. The van der Waals surface area contributed by atoms with E-state index in [4.69, 9.17) is 0 Å². The van der Waals surface area contributed by atoms with Crippen LogP contribution in [0.4, 0.5) is 0 Å². The van der Waals surface area contributed by atoms with Crippen molar-refractivity contribution in [1.82, 2.24) is 0 Å². The fourth-order valence-corrected chi connectivity index (χ4v) is 4.47. The number of carbonyl (C=O) groups is 1. The molecule has 80 valence electrons. The van der Waals surface area contributed by atoms with E-state index in [1.807, 2.05) is 0 Å². The van der Waals surface area contributed by atoms with Gasteiger partial charge in [0, 0.05) is 22.8 Å². The Bertz CT molecular complexity index is 212. The minimum absolute atomic E-state index is 0.413. The van der Waals surface area contributed by atoms with Gasteiger partial charge in [-0.05, 0) is 31.6 Å². The molecular weight excluding hydrogens is 192 g/mol. The Morgan fingerprint density at radius 2 is 1.86 bits per heavy atom. The molecule has 0 aromatic carbocycles. The Morgan fingerprint density at radius 1 is 1.29 bits per heavy atom. The van der Waals surface area contributed by atoms with Gasteiger partial charge >= 0.3 is 0 Å². The van der Waals surface area contributed by atoms with Crippen LogP contribution in [0.1, 0.15) is 46.0 Å². The summed E-state index contributed by atoms with van der Waals surface area (Å²) in [7, 11) is 0. The van der Waals surface area contributed by atoms with Crippen LogP contribution in [0.2, 0.25) is 0 Å². The highest BCUT2D eigenvalue weighted by Crippen LogP contribution is 2.46. The molecule has 0 N–H and O–H groups in total. The van der Waals surface area contributed by atoms with Crippen molar-refractivity contribution in [3.8, 4) is 0 Å². The summed E-state index contributed by atoms with van der Waals surface area (Å²) in [6, 6.07) is 0. The number of hydrogen-bond donors (Lipinski definition) is 0. The molecule has 2 heteroatoms. The van der Waals surface area contributed by atoms with Crippen LogP contribution in [-0.2, 0) is 4.79 Å². The van der Waals surface area contributed by atoms with Crippen LogP contribution >= 0.6 is 11.8 Å². The normalized spacial score (nSPS) is 36.4. The number of rotatable bonds is 3. The first kappa shape index (κ1) is 10.5. The fraction of sp³-hybridized carbons (Fsp3) is 0.917. The number of fused-ring (bicyclic) bond motifs is 2. The molecule has 2 aliphatic rings. The first-order valence-corrected chi connectivity index (χ1v) is 6.77. The quantitative estimate of drug-likeness (QED) is 0.714. The summed E-state index contributed by atoms with van der Waals surface area (Å²) < 4.78 is 0. The number of thioether (sulfide) groups is 1. The van der Waals surface area contributed by atoms with Crippen molar-refractivity contribution in [2.75, 3.05) is 0 Å². The van der Waals surface area contributed by atoms with Crippen LogP contribution in [0.25, 0.3) is 0 Å². The van der Waals surface area contributed by atoms with Crippen molar-refractivity contribution in [3.63, 3.8) is 0 Å². The molecule has 0 aromatic heterocycles. The summed E-state index contributed by atoms with van der Waals surface area (Å²) >= 11 is 2.14. The standard InChI is InChI=1S/C12H20OS/c1-8(2)5-12(13)9-6-10-3-4-11(7-9)14-10/h8-11H,3-7H2,1-2H3. The largest absolute Gasteiger partial charge is 0.299 e. The van der Waals surface area contributed by atoms with Crippen LogP contribution < -0.4 is 0 Å². The van der Waals surface area contributed by atoms with E-state index in [0.717, 1.165) is 16.9 Å². The van der Waals surface area contributed by atoms with Gasteiger partial charge in [0.05, 0.1) is 0 Å². The van der Waals surface area contributed by atoms with Gasteiger partial charge < -0.3 is 0 Å². The van der Waals surface area contributed by atoms with Crippen LogP contribution in [-0.4, -0.2) is 16.3 Å². The molecular formula is C12H20OS. The summed E-state index contributed by atoms with van der Waals surface area (Å²) in [6.07, 6.45) is 5.87. The van der Waals surface area contributed by atoms with E-state index in [2.05, 4.69) is 25.6 Å². The van der Waals surface area contributed by atoms with Gasteiger partial charge in [-0.3, -0.25) is 4.79 Å². The summed E-state index contributed by atoms with van der Waals surface area (Å²) in [4.78, 5) is 11.9.